The van der Waals surface area contributed by atoms with Crippen LogP contribution in [0.4, 0.5) is 5.13 Å². The quantitative estimate of drug-likeness (QED) is 0.427. The van der Waals surface area contributed by atoms with E-state index in [2.05, 4.69) is 15.5 Å². The fraction of sp³-hybridized carbons (Fsp3) is 0.111. The average molecular weight is 392 g/mol. The van der Waals surface area contributed by atoms with Crippen LogP contribution in [0.25, 0.3) is 0 Å². The number of hydrazone groups is 1. The lowest BCUT2D eigenvalue weighted by Gasteiger charge is -2.09. The van der Waals surface area contributed by atoms with Gasteiger partial charge in [0.15, 0.2) is 0 Å². The standard InChI is InChI=1S/C18H15Cl2N3OS/c1-12-11-25-18(22-12)23-21-9-13-5-7-14(8-6-13)24-10-15-16(19)3-2-4-17(15)20/h2-9,11H,10H2,1H3,(H,22,23)/b21-9-. The highest BCUT2D eigenvalue weighted by Gasteiger charge is 2.06. The second-order valence-corrected chi connectivity index (χ2v) is 6.89. The van der Waals surface area contributed by atoms with Crippen molar-refractivity contribution in [1.29, 1.82) is 0 Å². The molecule has 0 atom stereocenters. The summed E-state index contributed by atoms with van der Waals surface area (Å²) in [5, 5.41) is 8.10. The first-order chi connectivity index (χ1) is 12.1. The largest absolute Gasteiger partial charge is 0.489 e. The highest BCUT2D eigenvalue weighted by molar-refractivity contribution is 7.13. The zero-order valence-corrected chi connectivity index (χ0v) is 15.7. The molecule has 1 aromatic heterocycles. The Hall–Kier alpha value is -2.08. The minimum Gasteiger partial charge on any atom is -0.489 e. The maximum absolute atomic E-state index is 6.14. The van der Waals surface area contributed by atoms with E-state index in [0.29, 0.717) is 16.7 Å². The maximum Gasteiger partial charge on any atom is 0.203 e. The summed E-state index contributed by atoms with van der Waals surface area (Å²) in [6.07, 6.45) is 1.73. The second kappa shape index (κ2) is 8.34. The Labute approximate surface area is 160 Å². The fourth-order valence-electron chi connectivity index (χ4n) is 2.04. The molecule has 0 aliphatic carbocycles. The second-order valence-electron chi connectivity index (χ2n) is 5.22. The van der Waals surface area contributed by atoms with Crippen molar-refractivity contribution in [2.45, 2.75) is 13.5 Å². The van der Waals surface area contributed by atoms with Crippen molar-refractivity contribution in [2.24, 2.45) is 5.10 Å². The third-order valence-corrected chi connectivity index (χ3v) is 4.89. The maximum atomic E-state index is 6.14. The molecule has 3 rings (SSSR count). The first-order valence-corrected chi connectivity index (χ1v) is 9.12. The molecule has 0 aliphatic heterocycles. The van der Waals surface area contributed by atoms with E-state index >= 15 is 0 Å². The van der Waals surface area contributed by atoms with Crippen molar-refractivity contribution >= 4 is 45.9 Å². The lowest BCUT2D eigenvalue weighted by atomic mass is 10.2. The third-order valence-electron chi connectivity index (χ3n) is 3.32. The molecular formula is C18H15Cl2N3OS. The van der Waals surface area contributed by atoms with E-state index in [1.165, 1.54) is 11.3 Å². The van der Waals surface area contributed by atoms with Gasteiger partial charge in [0.25, 0.3) is 0 Å². The van der Waals surface area contributed by atoms with Gasteiger partial charge in [0.2, 0.25) is 5.13 Å². The summed E-state index contributed by atoms with van der Waals surface area (Å²) in [6, 6.07) is 13.0. The molecular weight excluding hydrogens is 377 g/mol. The summed E-state index contributed by atoms with van der Waals surface area (Å²) >= 11 is 13.8. The van der Waals surface area contributed by atoms with Gasteiger partial charge in [-0.1, -0.05) is 29.3 Å². The normalized spacial score (nSPS) is 11.0. The number of aryl methyl sites for hydroxylation is 1. The van der Waals surface area contributed by atoms with E-state index in [1.54, 1.807) is 18.3 Å². The number of nitrogens with one attached hydrogen (secondary N) is 1. The smallest absolute Gasteiger partial charge is 0.203 e. The molecule has 0 radical (unpaired) electrons. The molecule has 0 saturated carbocycles. The van der Waals surface area contributed by atoms with Gasteiger partial charge in [0, 0.05) is 21.0 Å². The number of benzene rings is 2. The van der Waals surface area contributed by atoms with E-state index in [0.717, 1.165) is 27.7 Å². The third kappa shape index (κ3) is 4.95. The van der Waals surface area contributed by atoms with Crippen LogP contribution in [0.2, 0.25) is 10.0 Å². The topological polar surface area (TPSA) is 46.5 Å². The lowest BCUT2D eigenvalue weighted by Crippen LogP contribution is -1.97. The van der Waals surface area contributed by atoms with E-state index < -0.39 is 0 Å². The van der Waals surface area contributed by atoms with E-state index in [9.17, 15) is 0 Å². The van der Waals surface area contributed by atoms with Gasteiger partial charge in [-0.25, -0.2) is 4.98 Å². The molecule has 0 bridgehead atoms. The van der Waals surface area contributed by atoms with Gasteiger partial charge in [-0.15, -0.1) is 11.3 Å². The number of aromatic nitrogens is 1. The van der Waals surface area contributed by atoms with Crippen LogP contribution in [0.15, 0.2) is 52.9 Å². The van der Waals surface area contributed by atoms with Crippen molar-refractivity contribution in [3.05, 3.63) is 74.7 Å². The van der Waals surface area contributed by atoms with Gasteiger partial charge >= 0.3 is 0 Å². The van der Waals surface area contributed by atoms with Crippen LogP contribution in [0.1, 0.15) is 16.8 Å². The number of nitrogens with zero attached hydrogens (tertiary/aromatic N) is 2. The van der Waals surface area contributed by atoms with Crippen LogP contribution in [-0.2, 0) is 6.61 Å². The number of thiazole rings is 1. The number of hydrogen-bond donors (Lipinski definition) is 1. The Morgan fingerprint density at radius 2 is 1.88 bits per heavy atom. The van der Waals surface area contributed by atoms with Crippen molar-refractivity contribution in [1.82, 2.24) is 4.98 Å². The highest BCUT2D eigenvalue weighted by atomic mass is 35.5. The van der Waals surface area contributed by atoms with Crippen molar-refractivity contribution in [3.8, 4) is 5.75 Å². The minimum absolute atomic E-state index is 0.316. The molecule has 0 unspecified atom stereocenters. The Bertz CT molecular complexity index is 858. The van der Waals surface area contributed by atoms with Crippen LogP contribution >= 0.6 is 34.5 Å². The predicted octanol–water partition coefficient (Wildman–Crippen LogP) is 5.78. The zero-order chi connectivity index (χ0) is 17.6. The molecule has 3 aromatic rings. The van der Waals surface area contributed by atoms with Gasteiger partial charge in [-0.05, 0) is 48.9 Å². The van der Waals surface area contributed by atoms with Crippen LogP contribution in [-0.4, -0.2) is 11.2 Å². The van der Waals surface area contributed by atoms with E-state index in [-0.39, 0.29) is 0 Å². The van der Waals surface area contributed by atoms with Crippen molar-refractivity contribution in [2.75, 3.05) is 5.43 Å². The molecule has 0 fully saturated rings. The molecule has 7 heteroatoms. The van der Waals surface area contributed by atoms with Gasteiger partial charge in [0.05, 0.1) is 11.9 Å². The molecule has 0 saturated heterocycles. The van der Waals surface area contributed by atoms with Gasteiger partial charge in [0.1, 0.15) is 12.4 Å². The summed E-state index contributed by atoms with van der Waals surface area (Å²) in [6.45, 7) is 2.26. The summed E-state index contributed by atoms with van der Waals surface area (Å²) < 4.78 is 5.75. The predicted molar refractivity (Wildman–Crippen MR) is 105 cm³/mol. The zero-order valence-electron chi connectivity index (χ0n) is 13.4. The summed E-state index contributed by atoms with van der Waals surface area (Å²) in [5.41, 5.74) is 5.60. The minimum atomic E-state index is 0.316. The monoisotopic (exact) mass is 391 g/mol. The summed E-state index contributed by atoms with van der Waals surface area (Å²) in [7, 11) is 0. The molecule has 0 aliphatic rings. The molecule has 2 aromatic carbocycles. The van der Waals surface area contributed by atoms with Crippen LogP contribution in [0.3, 0.4) is 0 Å². The van der Waals surface area contributed by atoms with Gasteiger partial charge in [-0.3, -0.25) is 5.43 Å². The van der Waals surface area contributed by atoms with Crippen LogP contribution in [0, 0.1) is 6.92 Å². The molecule has 0 amide bonds. The Balaban J connectivity index is 1.57. The Kier molecular flexibility index (Phi) is 5.91. The van der Waals surface area contributed by atoms with Gasteiger partial charge in [-0.2, -0.15) is 5.10 Å². The number of ether oxygens (including phenoxy) is 1. The highest BCUT2D eigenvalue weighted by Crippen LogP contribution is 2.25. The Morgan fingerprint density at radius 1 is 1.16 bits per heavy atom. The van der Waals surface area contributed by atoms with E-state index in [4.69, 9.17) is 27.9 Å². The number of anilines is 1. The molecule has 25 heavy (non-hydrogen) atoms. The number of halogens is 2. The van der Waals surface area contributed by atoms with Crippen LogP contribution < -0.4 is 10.2 Å². The number of hydrogen-bond acceptors (Lipinski definition) is 5. The van der Waals surface area contributed by atoms with Crippen molar-refractivity contribution in [3.63, 3.8) is 0 Å². The summed E-state index contributed by atoms with van der Waals surface area (Å²) in [4.78, 5) is 4.28. The van der Waals surface area contributed by atoms with Crippen molar-refractivity contribution < 1.29 is 4.74 Å². The Morgan fingerprint density at radius 3 is 2.52 bits per heavy atom. The van der Waals surface area contributed by atoms with E-state index in [1.807, 2.05) is 42.6 Å². The fourth-order valence-corrected chi connectivity index (χ4v) is 3.19. The molecule has 1 N–H and O–H groups in total. The van der Waals surface area contributed by atoms with Crippen LogP contribution in [0.5, 0.6) is 5.75 Å². The molecule has 1 heterocycles. The average Bonchev–Trinajstić information content (AvgIpc) is 3.01. The first-order valence-electron chi connectivity index (χ1n) is 7.49. The lowest BCUT2D eigenvalue weighted by molar-refractivity contribution is 0.306. The molecule has 0 spiro atoms. The first kappa shape index (κ1) is 17.7. The summed E-state index contributed by atoms with van der Waals surface area (Å²) in [5.74, 6) is 0.733. The molecule has 128 valence electrons. The SMILES string of the molecule is Cc1csc(N/N=C\c2ccc(OCc3c(Cl)cccc3Cl)cc2)n1. The van der Waals surface area contributed by atoms with Gasteiger partial charge < -0.3 is 4.74 Å². The number of rotatable bonds is 6. The molecule has 4 nitrogen and oxygen atoms in total.